The Kier molecular flexibility index (Phi) is 2.23. The highest BCUT2D eigenvalue weighted by Gasteiger charge is 2.62. The molecule has 1 unspecified atom stereocenters. The number of amides is 1. The van der Waals surface area contributed by atoms with Crippen LogP contribution in [0.25, 0.3) is 0 Å². The lowest BCUT2D eigenvalue weighted by atomic mass is 9.92. The lowest BCUT2D eigenvalue weighted by Gasteiger charge is -2.17. The van der Waals surface area contributed by atoms with E-state index >= 15 is 0 Å². The number of carbonyl (C=O) groups excluding carboxylic acids is 2. The van der Waals surface area contributed by atoms with Crippen molar-refractivity contribution in [1.29, 1.82) is 0 Å². The molecule has 2 heterocycles. The topological polar surface area (TPSA) is 92.3 Å². The van der Waals surface area contributed by atoms with Crippen molar-refractivity contribution >= 4 is 36.8 Å². The lowest BCUT2D eigenvalue weighted by molar-refractivity contribution is -0.130. The third kappa shape index (κ3) is 1.17. The van der Waals surface area contributed by atoms with Gasteiger partial charge in [-0.3, -0.25) is 14.9 Å². The lowest BCUT2D eigenvalue weighted by Crippen LogP contribution is -2.48. The number of halogens is 1. The van der Waals surface area contributed by atoms with Gasteiger partial charge in [0.15, 0.2) is 0 Å². The average molecular weight is 331 g/mol. The Morgan fingerprint density at radius 1 is 1.28 bits per heavy atom. The zero-order valence-electron chi connectivity index (χ0n) is 8.86. The first-order chi connectivity index (χ1) is 8.40. The zero-order chi connectivity index (χ0) is 13.1. The minimum absolute atomic E-state index is 0.0651. The molecule has 3 rings (SSSR count). The van der Waals surface area contributed by atoms with Crippen molar-refractivity contribution in [2.75, 3.05) is 6.67 Å². The summed E-state index contributed by atoms with van der Waals surface area (Å²) in [5.41, 5.74) is -1.60. The first kappa shape index (κ1) is 11.8. The molecule has 0 bridgehead atoms. The summed E-state index contributed by atoms with van der Waals surface area (Å²) in [7, 11) is -4.12. The highest BCUT2D eigenvalue weighted by molar-refractivity contribution is 9.10. The summed E-state index contributed by atoms with van der Waals surface area (Å²) >= 11 is 3.15. The Bertz CT molecular complexity index is 700. The molecule has 2 aliphatic heterocycles. The largest absolute Gasteiger partial charge is 0.341 e. The normalized spacial score (nSPS) is 28.5. The Morgan fingerprint density at radius 2 is 2.00 bits per heavy atom. The van der Waals surface area contributed by atoms with E-state index in [1.165, 1.54) is 12.1 Å². The van der Waals surface area contributed by atoms with Gasteiger partial charge < -0.3 is 5.32 Å². The molecule has 94 valence electrons. The molecule has 6 nitrogen and oxygen atoms in total. The highest BCUT2D eigenvalue weighted by atomic mass is 79.9. The molecule has 2 N–H and O–H groups in total. The summed E-state index contributed by atoms with van der Waals surface area (Å²) in [6, 6.07) is 4.41. The SMILES string of the molecule is O=C1NCNC12C(=O)S(=O)(=O)c1cc(Br)ccc12. The third-order valence-electron chi connectivity index (χ3n) is 3.13. The molecular weight excluding hydrogens is 324 g/mol. The second-order valence-corrected chi connectivity index (χ2v) is 6.77. The summed E-state index contributed by atoms with van der Waals surface area (Å²) in [6.07, 6.45) is 0. The predicted molar refractivity (Wildman–Crippen MR) is 64.2 cm³/mol. The smallest absolute Gasteiger partial charge is 0.285 e. The van der Waals surface area contributed by atoms with Crippen molar-refractivity contribution in [3.63, 3.8) is 0 Å². The van der Waals surface area contributed by atoms with Crippen LogP contribution >= 0.6 is 15.9 Å². The fourth-order valence-electron chi connectivity index (χ4n) is 2.29. The third-order valence-corrected chi connectivity index (χ3v) is 5.33. The summed E-state index contributed by atoms with van der Waals surface area (Å²) in [4.78, 5) is 23.9. The van der Waals surface area contributed by atoms with Crippen molar-refractivity contribution < 1.29 is 18.0 Å². The van der Waals surface area contributed by atoms with Gasteiger partial charge in [-0.1, -0.05) is 22.0 Å². The van der Waals surface area contributed by atoms with E-state index in [2.05, 4.69) is 26.6 Å². The van der Waals surface area contributed by atoms with E-state index < -0.39 is 26.4 Å². The second-order valence-electron chi connectivity index (χ2n) is 4.04. The molecule has 1 aromatic carbocycles. The van der Waals surface area contributed by atoms with Crippen LogP contribution in [0.3, 0.4) is 0 Å². The van der Waals surface area contributed by atoms with E-state index in [1.807, 2.05) is 0 Å². The first-order valence-corrected chi connectivity index (χ1v) is 7.31. The molecular formula is C10H7BrN2O4S. The quantitative estimate of drug-likeness (QED) is 0.633. The number of rotatable bonds is 0. The van der Waals surface area contributed by atoms with Gasteiger partial charge in [0.25, 0.3) is 11.0 Å². The number of benzene rings is 1. The van der Waals surface area contributed by atoms with Crippen molar-refractivity contribution in [1.82, 2.24) is 10.6 Å². The molecule has 1 atom stereocenters. The molecule has 1 saturated heterocycles. The van der Waals surface area contributed by atoms with Crippen molar-refractivity contribution in [3.05, 3.63) is 28.2 Å². The standard InChI is InChI=1S/C10H7BrN2O4S/c11-5-1-2-6-7(3-5)18(16,17)9(15)10(6)8(14)12-4-13-10/h1-3,13H,4H2,(H,12,14). The van der Waals surface area contributed by atoms with E-state index in [-0.39, 0.29) is 17.1 Å². The van der Waals surface area contributed by atoms with E-state index in [9.17, 15) is 18.0 Å². The number of hydrogen-bond donors (Lipinski definition) is 2. The minimum Gasteiger partial charge on any atom is -0.341 e. The van der Waals surface area contributed by atoms with Gasteiger partial charge in [0.1, 0.15) is 0 Å². The number of hydrogen-bond acceptors (Lipinski definition) is 5. The molecule has 0 aliphatic carbocycles. The number of nitrogens with one attached hydrogen (secondary N) is 2. The molecule has 1 fully saturated rings. The number of sulfone groups is 1. The maximum Gasteiger partial charge on any atom is 0.285 e. The molecule has 1 spiro atoms. The summed E-state index contributed by atoms with van der Waals surface area (Å²) < 4.78 is 24.6. The second kappa shape index (κ2) is 3.40. The molecule has 0 aromatic heterocycles. The average Bonchev–Trinajstić information content (AvgIpc) is 2.76. The van der Waals surface area contributed by atoms with Crippen LogP contribution in [-0.2, 0) is 25.0 Å². The maximum atomic E-state index is 12.1. The minimum atomic E-state index is -4.12. The Balaban J connectivity index is 2.41. The van der Waals surface area contributed by atoms with Crippen LogP contribution in [0, 0.1) is 0 Å². The maximum absolute atomic E-state index is 12.1. The van der Waals surface area contributed by atoms with Gasteiger partial charge >= 0.3 is 0 Å². The van der Waals surface area contributed by atoms with Crippen LogP contribution in [0.4, 0.5) is 0 Å². The van der Waals surface area contributed by atoms with Crippen LogP contribution < -0.4 is 10.6 Å². The molecule has 1 amide bonds. The molecule has 0 radical (unpaired) electrons. The predicted octanol–water partition coefficient (Wildman–Crippen LogP) is -0.365. The van der Waals surface area contributed by atoms with Gasteiger partial charge in [-0.25, -0.2) is 8.42 Å². The van der Waals surface area contributed by atoms with Gasteiger partial charge in [0, 0.05) is 10.0 Å². The van der Waals surface area contributed by atoms with Crippen LogP contribution in [0.15, 0.2) is 27.6 Å². The molecule has 0 saturated carbocycles. The number of carbonyl (C=O) groups is 2. The Labute approximate surface area is 111 Å². The van der Waals surface area contributed by atoms with Crippen molar-refractivity contribution in [2.24, 2.45) is 0 Å². The van der Waals surface area contributed by atoms with Gasteiger partial charge in [0.05, 0.1) is 11.6 Å². The van der Waals surface area contributed by atoms with Crippen LogP contribution in [-0.4, -0.2) is 26.1 Å². The van der Waals surface area contributed by atoms with Gasteiger partial charge in [-0.05, 0) is 12.1 Å². The fourth-order valence-corrected chi connectivity index (χ4v) is 4.48. The van der Waals surface area contributed by atoms with Crippen LogP contribution in [0.5, 0.6) is 0 Å². The van der Waals surface area contributed by atoms with Crippen molar-refractivity contribution in [2.45, 2.75) is 10.4 Å². The molecule has 1 aromatic rings. The van der Waals surface area contributed by atoms with E-state index in [4.69, 9.17) is 0 Å². The van der Waals surface area contributed by atoms with Gasteiger partial charge in [-0.15, -0.1) is 0 Å². The highest BCUT2D eigenvalue weighted by Crippen LogP contribution is 2.41. The molecule has 18 heavy (non-hydrogen) atoms. The van der Waals surface area contributed by atoms with Gasteiger partial charge in [-0.2, -0.15) is 0 Å². The zero-order valence-corrected chi connectivity index (χ0v) is 11.3. The Hall–Kier alpha value is -1.25. The van der Waals surface area contributed by atoms with Crippen LogP contribution in [0.2, 0.25) is 0 Å². The number of fused-ring (bicyclic) bond motifs is 2. The summed E-state index contributed by atoms with van der Waals surface area (Å²) in [5.74, 6) is -0.628. The summed E-state index contributed by atoms with van der Waals surface area (Å²) in [6.45, 7) is 0.0651. The van der Waals surface area contributed by atoms with E-state index in [0.717, 1.165) is 0 Å². The monoisotopic (exact) mass is 330 g/mol. The van der Waals surface area contributed by atoms with E-state index in [0.29, 0.717) is 4.47 Å². The molecule has 8 heteroatoms. The first-order valence-electron chi connectivity index (χ1n) is 5.03. The van der Waals surface area contributed by atoms with E-state index in [1.54, 1.807) is 6.07 Å². The summed E-state index contributed by atoms with van der Waals surface area (Å²) in [5, 5.41) is 3.97. The van der Waals surface area contributed by atoms with Crippen LogP contribution in [0.1, 0.15) is 5.56 Å². The molecule has 2 aliphatic rings. The fraction of sp³-hybridized carbons (Fsp3) is 0.200. The van der Waals surface area contributed by atoms with Crippen molar-refractivity contribution in [3.8, 4) is 0 Å². The Morgan fingerprint density at radius 3 is 2.61 bits per heavy atom. The van der Waals surface area contributed by atoms with Gasteiger partial charge in [0.2, 0.25) is 15.4 Å².